The quantitative estimate of drug-likeness (QED) is 0.767. The molecule has 1 aromatic rings. The summed E-state index contributed by atoms with van der Waals surface area (Å²) in [5.41, 5.74) is 0. The van der Waals surface area contributed by atoms with E-state index in [0.29, 0.717) is 16.7 Å². The van der Waals surface area contributed by atoms with E-state index in [2.05, 4.69) is 10.3 Å². The molecule has 1 N–H and O–H groups in total. The molecule has 0 bridgehead atoms. The first-order valence-corrected chi connectivity index (χ1v) is 4.58. The van der Waals surface area contributed by atoms with Gasteiger partial charge in [0.1, 0.15) is 5.82 Å². The molecule has 1 atom stereocenters. The van der Waals surface area contributed by atoms with Gasteiger partial charge in [0.05, 0.1) is 5.02 Å². The Labute approximate surface area is 81.9 Å². The molecule has 0 aliphatic rings. The van der Waals surface area contributed by atoms with Crippen LogP contribution in [0.3, 0.4) is 0 Å². The zero-order valence-electron chi connectivity index (χ0n) is 6.72. The first kappa shape index (κ1) is 9.62. The predicted molar refractivity (Wildman–Crippen MR) is 53.1 cm³/mol. The van der Waals surface area contributed by atoms with E-state index in [1.165, 1.54) is 0 Å². The van der Waals surface area contributed by atoms with E-state index >= 15 is 0 Å². The number of halogens is 2. The smallest absolute Gasteiger partial charge is 0.144 e. The highest BCUT2D eigenvalue weighted by atomic mass is 35.5. The van der Waals surface area contributed by atoms with Crippen molar-refractivity contribution in [2.75, 3.05) is 11.2 Å². The minimum Gasteiger partial charge on any atom is -0.365 e. The van der Waals surface area contributed by atoms with Crippen molar-refractivity contribution in [3.8, 4) is 0 Å². The van der Waals surface area contributed by atoms with Crippen LogP contribution >= 0.6 is 23.2 Å². The number of alkyl halides is 1. The molecule has 0 spiro atoms. The van der Waals surface area contributed by atoms with Crippen LogP contribution < -0.4 is 5.32 Å². The molecule has 0 amide bonds. The van der Waals surface area contributed by atoms with E-state index < -0.39 is 0 Å². The van der Waals surface area contributed by atoms with Crippen molar-refractivity contribution in [3.05, 3.63) is 23.4 Å². The fraction of sp³-hybridized carbons (Fsp3) is 0.375. The number of nitrogens with one attached hydrogen (secondary N) is 1. The summed E-state index contributed by atoms with van der Waals surface area (Å²) in [5.74, 6) is 1.22. The van der Waals surface area contributed by atoms with Crippen molar-refractivity contribution in [1.82, 2.24) is 4.98 Å². The molecule has 0 aliphatic carbocycles. The maximum Gasteiger partial charge on any atom is 0.144 e. The van der Waals surface area contributed by atoms with Gasteiger partial charge in [-0.2, -0.15) is 0 Å². The van der Waals surface area contributed by atoms with E-state index in [1.54, 1.807) is 18.3 Å². The van der Waals surface area contributed by atoms with Crippen molar-refractivity contribution >= 4 is 29.0 Å². The number of anilines is 1. The van der Waals surface area contributed by atoms with Gasteiger partial charge < -0.3 is 5.32 Å². The molecule has 0 aliphatic heterocycles. The van der Waals surface area contributed by atoms with Gasteiger partial charge in [-0.1, -0.05) is 11.6 Å². The van der Waals surface area contributed by atoms with Crippen LogP contribution in [-0.2, 0) is 0 Å². The Morgan fingerprint density at radius 3 is 3.00 bits per heavy atom. The van der Waals surface area contributed by atoms with Crippen LogP contribution in [-0.4, -0.2) is 16.9 Å². The van der Waals surface area contributed by atoms with Crippen LogP contribution in [0, 0.1) is 0 Å². The summed E-state index contributed by atoms with van der Waals surface area (Å²) < 4.78 is 0. The van der Waals surface area contributed by atoms with Gasteiger partial charge >= 0.3 is 0 Å². The topological polar surface area (TPSA) is 24.9 Å². The van der Waals surface area contributed by atoms with Crippen molar-refractivity contribution in [3.63, 3.8) is 0 Å². The Bertz CT molecular complexity index is 253. The fourth-order valence-corrected chi connectivity index (χ4v) is 1.02. The standard InChI is InChI=1S/C8H10Cl2N2/c1-6(5-9)12-8-7(10)3-2-4-11-8/h2-4,6H,5H2,1H3,(H,11,12). The van der Waals surface area contributed by atoms with Gasteiger partial charge in [-0.25, -0.2) is 4.98 Å². The van der Waals surface area contributed by atoms with Crippen LogP contribution in [0.25, 0.3) is 0 Å². The maximum absolute atomic E-state index is 5.86. The average molecular weight is 205 g/mol. The number of hydrogen-bond acceptors (Lipinski definition) is 2. The molecular weight excluding hydrogens is 195 g/mol. The van der Waals surface area contributed by atoms with Crippen LogP contribution in [0.1, 0.15) is 6.92 Å². The van der Waals surface area contributed by atoms with E-state index in [4.69, 9.17) is 23.2 Å². The molecule has 66 valence electrons. The molecule has 1 heterocycles. The molecule has 0 saturated heterocycles. The molecule has 1 unspecified atom stereocenters. The van der Waals surface area contributed by atoms with Crippen LogP contribution in [0.5, 0.6) is 0 Å². The van der Waals surface area contributed by atoms with Crippen LogP contribution in [0.15, 0.2) is 18.3 Å². The minimum atomic E-state index is 0.180. The predicted octanol–water partition coefficient (Wildman–Crippen LogP) is 2.77. The van der Waals surface area contributed by atoms with Crippen molar-refractivity contribution in [1.29, 1.82) is 0 Å². The third-order valence-electron chi connectivity index (χ3n) is 1.37. The Kier molecular flexibility index (Phi) is 3.63. The number of aromatic nitrogens is 1. The first-order chi connectivity index (χ1) is 5.74. The largest absolute Gasteiger partial charge is 0.365 e. The highest BCUT2D eigenvalue weighted by Crippen LogP contribution is 2.18. The summed E-state index contributed by atoms with van der Waals surface area (Å²) in [7, 11) is 0. The number of rotatable bonds is 3. The summed E-state index contributed by atoms with van der Waals surface area (Å²) in [4.78, 5) is 4.06. The Morgan fingerprint density at radius 1 is 1.67 bits per heavy atom. The van der Waals surface area contributed by atoms with Crippen molar-refractivity contribution < 1.29 is 0 Å². The average Bonchev–Trinajstić information content (AvgIpc) is 2.09. The third kappa shape index (κ3) is 2.54. The second-order valence-corrected chi connectivity index (χ2v) is 3.25. The highest BCUT2D eigenvalue weighted by Gasteiger charge is 2.03. The zero-order chi connectivity index (χ0) is 8.97. The normalized spacial score (nSPS) is 12.6. The Balaban J connectivity index is 2.69. The van der Waals surface area contributed by atoms with Gasteiger partial charge in [0, 0.05) is 18.1 Å². The summed E-state index contributed by atoms with van der Waals surface area (Å²) in [6, 6.07) is 3.76. The second kappa shape index (κ2) is 4.53. The van der Waals surface area contributed by atoms with Gasteiger partial charge in [-0.15, -0.1) is 11.6 Å². The van der Waals surface area contributed by atoms with E-state index in [-0.39, 0.29) is 6.04 Å². The summed E-state index contributed by atoms with van der Waals surface area (Å²) in [6.45, 7) is 1.97. The SMILES string of the molecule is CC(CCl)Nc1ncccc1Cl. The van der Waals surface area contributed by atoms with Crippen LogP contribution in [0.2, 0.25) is 5.02 Å². The fourth-order valence-electron chi connectivity index (χ4n) is 0.764. The van der Waals surface area contributed by atoms with Gasteiger partial charge in [0.2, 0.25) is 0 Å². The lowest BCUT2D eigenvalue weighted by Gasteiger charge is -2.11. The summed E-state index contributed by atoms with van der Waals surface area (Å²) in [6.07, 6.45) is 1.69. The van der Waals surface area contributed by atoms with Crippen molar-refractivity contribution in [2.24, 2.45) is 0 Å². The van der Waals surface area contributed by atoms with Crippen molar-refractivity contribution in [2.45, 2.75) is 13.0 Å². The summed E-state index contributed by atoms with van der Waals surface area (Å²) in [5, 5.41) is 3.70. The molecular formula is C8H10Cl2N2. The minimum absolute atomic E-state index is 0.180. The lowest BCUT2D eigenvalue weighted by Crippen LogP contribution is -2.17. The molecule has 1 rings (SSSR count). The maximum atomic E-state index is 5.86. The van der Waals surface area contributed by atoms with E-state index in [9.17, 15) is 0 Å². The molecule has 0 saturated carbocycles. The molecule has 12 heavy (non-hydrogen) atoms. The number of nitrogens with zero attached hydrogens (tertiary/aromatic N) is 1. The molecule has 4 heteroatoms. The van der Waals surface area contributed by atoms with E-state index in [0.717, 1.165) is 0 Å². The summed E-state index contributed by atoms with van der Waals surface area (Å²) >= 11 is 11.5. The number of hydrogen-bond donors (Lipinski definition) is 1. The molecule has 2 nitrogen and oxygen atoms in total. The number of pyridine rings is 1. The third-order valence-corrected chi connectivity index (χ3v) is 2.14. The second-order valence-electron chi connectivity index (χ2n) is 2.53. The van der Waals surface area contributed by atoms with Gasteiger partial charge in [0.15, 0.2) is 0 Å². The monoisotopic (exact) mass is 204 g/mol. The van der Waals surface area contributed by atoms with Gasteiger partial charge in [-0.05, 0) is 19.1 Å². The highest BCUT2D eigenvalue weighted by molar-refractivity contribution is 6.32. The molecule has 0 radical (unpaired) electrons. The van der Waals surface area contributed by atoms with Gasteiger partial charge in [-0.3, -0.25) is 0 Å². The molecule has 0 aromatic carbocycles. The zero-order valence-corrected chi connectivity index (χ0v) is 8.23. The van der Waals surface area contributed by atoms with E-state index in [1.807, 2.05) is 6.92 Å². The lowest BCUT2D eigenvalue weighted by molar-refractivity contribution is 0.897. The molecule has 1 aromatic heterocycles. The molecule has 0 fully saturated rings. The lowest BCUT2D eigenvalue weighted by atomic mass is 10.3. The Morgan fingerprint density at radius 2 is 2.42 bits per heavy atom. The first-order valence-electron chi connectivity index (χ1n) is 3.67. The Hall–Kier alpha value is -0.470. The van der Waals surface area contributed by atoms with Gasteiger partial charge in [0.25, 0.3) is 0 Å². The van der Waals surface area contributed by atoms with Crippen LogP contribution in [0.4, 0.5) is 5.82 Å².